The number of hydrogen-bond acceptors (Lipinski definition) is 6. The summed E-state index contributed by atoms with van der Waals surface area (Å²) in [7, 11) is 0. The molecular weight excluding hydrogens is 709 g/mol. The molecule has 0 aromatic carbocycles. The van der Waals surface area contributed by atoms with Crippen molar-refractivity contribution >= 4 is 17.9 Å². The topological polar surface area (TPSA) is 78.9 Å². The van der Waals surface area contributed by atoms with Crippen LogP contribution in [0.15, 0.2) is 0 Å². The number of carbonyl (C=O) groups is 3. The third-order valence-electron chi connectivity index (χ3n) is 11.9. The van der Waals surface area contributed by atoms with Crippen molar-refractivity contribution in [2.24, 2.45) is 5.92 Å². The fourth-order valence-corrected chi connectivity index (χ4v) is 7.66. The molecule has 0 spiro atoms. The Balaban J connectivity index is 4.22. The van der Waals surface area contributed by atoms with Crippen molar-refractivity contribution in [1.29, 1.82) is 0 Å². The van der Waals surface area contributed by atoms with Gasteiger partial charge >= 0.3 is 17.9 Å². The van der Waals surface area contributed by atoms with Gasteiger partial charge in [0.25, 0.3) is 0 Å². The largest absolute Gasteiger partial charge is 0.462 e. The van der Waals surface area contributed by atoms with Gasteiger partial charge in [-0.2, -0.15) is 0 Å². The number of esters is 3. The Morgan fingerprint density at radius 3 is 0.912 bits per heavy atom. The third kappa shape index (κ3) is 43.8. The van der Waals surface area contributed by atoms with Gasteiger partial charge in [0.05, 0.1) is 0 Å². The van der Waals surface area contributed by atoms with Gasteiger partial charge < -0.3 is 14.2 Å². The van der Waals surface area contributed by atoms with Crippen LogP contribution >= 0.6 is 0 Å². The lowest BCUT2D eigenvalue weighted by molar-refractivity contribution is -0.167. The number of unbranched alkanes of at least 4 members (excludes halogenated alkanes) is 32. The second-order valence-corrected chi connectivity index (χ2v) is 17.7. The molecule has 0 fully saturated rings. The summed E-state index contributed by atoms with van der Waals surface area (Å²) >= 11 is 0. The van der Waals surface area contributed by atoms with Crippen LogP contribution in [0.5, 0.6) is 0 Å². The first-order valence-electron chi connectivity index (χ1n) is 25.4. The van der Waals surface area contributed by atoms with Gasteiger partial charge in [-0.1, -0.05) is 246 Å². The summed E-state index contributed by atoms with van der Waals surface area (Å²) in [5, 5.41) is 0. The van der Waals surface area contributed by atoms with E-state index >= 15 is 0 Å². The first-order valence-corrected chi connectivity index (χ1v) is 25.4. The van der Waals surface area contributed by atoms with Gasteiger partial charge in [0, 0.05) is 19.3 Å². The summed E-state index contributed by atoms with van der Waals surface area (Å²) in [6.45, 7) is 9.01. The van der Waals surface area contributed by atoms with Crippen LogP contribution in [-0.4, -0.2) is 37.2 Å². The summed E-state index contributed by atoms with van der Waals surface area (Å²) in [6, 6.07) is 0. The van der Waals surface area contributed by atoms with Gasteiger partial charge in [0.1, 0.15) is 13.2 Å². The van der Waals surface area contributed by atoms with E-state index in [4.69, 9.17) is 14.2 Å². The molecule has 0 aliphatic carbocycles. The highest BCUT2D eigenvalue weighted by molar-refractivity contribution is 5.71. The van der Waals surface area contributed by atoms with Crippen LogP contribution in [0.1, 0.15) is 285 Å². The molecule has 0 N–H and O–H groups in total. The van der Waals surface area contributed by atoms with Crippen LogP contribution in [-0.2, 0) is 28.6 Å². The van der Waals surface area contributed by atoms with Gasteiger partial charge in [-0.15, -0.1) is 0 Å². The highest BCUT2D eigenvalue weighted by Crippen LogP contribution is 2.17. The number of carbonyl (C=O) groups excluding carboxylic acids is 3. The average molecular weight is 807 g/mol. The summed E-state index contributed by atoms with van der Waals surface area (Å²) in [6.07, 6.45) is 46.6. The van der Waals surface area contributed by atoms with Crippen LogP contribution in [0.3, 0.4) is 0 Å². The van der Waals surface area contributed by atoms with Crippen molar-refractivity contribution < 1.29 is 28.6 Å². The number of rotatable bonds is 46. The lowest BCUT2D eigenvalue weighted by Gasteiger charge is -2.18. The number of ether oxygens (including phenoxy) is 3. The fraction of sp³-hybridized carbons (Fsp3) is 0.941. The van der Waals surface area contributed by atoms with Crippen molar-refractivity contribution in [1.82, 2.24) is 0 Å². The summed E-state index contributed by atoms with van der Waals surface area (Å²) in [4.78, 5) is 37.8. The van der Waals surface area contributed by atoms with Gasteiger partial charge in [0.15, 0.2) is 6.10 Å². The molecular formula is C51H98O6. The molecule has 0 aliphatic heterocycles. The molecule has 0 saturated heterocycles. The third-order valence-corrected chi connectivity index (χ3v) is 11.9. The molecule has 0 aromatic heterocycles. The minimum absolute atomic E-state index is 0.0635. The van der Waals surface area contributed by atoms with Gasteiger partial charge in [0.2, 0.25) is 0 Å². The predicted octanol–water partition coefficient (Wildman–Crippen LogP) is 16.3. The average Bonchev–Trinajstić information content (AvgIpc) is 3.21. The van der Waals surface area contributed by atoms with Crippen LogP contribution in [0.2, 0.25) is 0 Å². The van der Waals surface area contributed by atoms with E-state index < -0.39 is 6.10 Å². The molecule has 6 nitrogen and oxygen atoms in total. The Morgan fingerprint density at radius 2 is 0.614 bits per heavy atom. The summed E-state index contributed by atoms with van der Waals surface area (Å²) < 4.78 is 16.8. The smallest absolute Gasteiger partial charge is 0.306 e. The molecule has 57 heavy (non-hydrogen) atoms. The Labute approximate surface area is 355 Å². The minimum Gasteiger partial charge on any atom is -0.462 e. The van der Waals surface area contributed by atoms with E-state index in [9.17, 15) is 14.4 Å². The van der Waals surface area contributed by atoms with E-state index in [1.807, 2.05) is 0 Å². The molecule has 0 saturated carbocycles. The van der Waals surface area contributed by atoms with E-state index in [0.29, 0.717) is 19.3 Å². The molecule has 0 aliphatic rings. The Hall–Kier alpha value is -1.59. The lowest BCUT2D eigenvalue weighted by atomic mass is 9.99. The van der Waals surface area contributed by atoms with Crippen molar-refractivity contribution in [3.05, 3.63) is 0 Å². The maximum atomic E-state index is 12.7. The minimum atomic E-state index is -0.760. The first-order chi connectivity index (χ1) is 27.9. The maximum Gasteiger partial charge on any atom is 0.306 e. The van der Waals surface area contributed by atoms with Gasteiger partial charge in [-0.25, -0.2) is 0 Å². The van der Waals surface area contributed by atoms with Crippen LogP contribution in [0, 0.1) is 5.92 Å². The van der Waals surface area contributed by atoms with Crippen molar-refractivity contribution in [3.8, 4) is 0 Å². The Kier molecular flexibility index (Phi) is 44.2. The van der Waals surface area contributed by atoms with Crippen LogP contribution < -0.4 is 0 Å². The molecule has 0 heterocycles. The maximum absolute atomic E-state index is 12.7. The van der Waals surface area contributed by atoms with Gasteiger partial charge in [-0.3, -0.25) is 14.4 Å². The van der Waals surface area contributed by atoms with E-state index in [-0.39, 0.29) is 31.1 Å². The molecule has 338 valence electrons. The highest BCUT2D eigenvalue weighted by Gasteiger charge is 2.19. The molecule has 0 rings (SSSR count). The highest BCUT2D eigenvalue weighted by atomic mass is 16.6. The zero-order chi connectivity index (χ0) is 41.7. The zero-order valence-electron chi connectivity index (χ0n) is 38.8. The summed E-state index contributed by atoms with van der Waals surface area (Å²) in [5.41, 5.74) is 0. The predicted molar refractivity (Wildman–Crippen MR) is 243 cm³/mol. The lowest BCUT2D eigenvalue weighted by Crippen LogP contribution is -2.30. The fourth-order valence-electron chi connectivity index (χ4n) is 7.66. The second kappa shape index (κ2) is 45.5. The zero-order valence-corrected chi connectivity index (χ0v) is 38.8. The monoisotopic (exact) mass is 807 g/mol. The van der Waals surface area contributed by atoms with E-state index in [2.05, 4.69) is 27.7 Å². The van der Waals surface area contributed by atoms with Crippen LogP contribution in [0.4, 0.5) is 0 Å². The van der Waals surface area contributed by atoms with Crippen molar-refractivity contribution in [2.75, 3.05) is 13.2 Å². The van der Waals surface area contributed by atoms with Crippen molar-refractivity contribution in [2.45, 2.75) is 291 Å². The normalized spacial score (nSPS) is 12.4. The van der Waals surface area contributed by atoms with E-state index in [1.54, 1.807) is 0 Å². The second-order valence-electron chi connectivity index (χ2n) is 17.7. The molecule has 2 atom stereocenters. The van der Waals surface area contributed by atoms with E-state index in [1.165, 1.54) is 180 Å². The number of hydrogen-bond donors (Lipinski definition) is 0. The van der Waals surface area contributed by atoms with Crippen LogP contribution in [0.25, 0.3) is 0 Å². The quantitative estimate of drug-likeness (QED) is 0.0346. The Morgan fingerprint density at radius 1 is 0.351 bits per heavy atom. The SMILES string of the molecule is CCCCCCCCCCCCCCCCCCCCC(=O)OC[C@@H](COC(=O)CCCCCCCCCCC(C)CC)OC(=O)CCCCCCCCCCC. The molecule has 6 heteroatoms. The molecule has 0 radical (unpaired) electrons. The summed E-state index contributed by atoms with van der Waals surface area (Å²) in [5.74, 6) is -0.00301. The molecule has 0 aromatic rings. The molecule has 1 unspecified atom stereocenters. The Bertz CT molecular complexity index is 859. The van der Waals surface area contributed by atoms with Gasteiger partial charge in [-0.05, 0) is 25.2 Å². The van der Waals surface area contributed by atoms with E-state index in [0.717, 1.165) is 63.7 Å². The molecule has 0 amide bonds. The first kappa shape index (κ1) is 55.4. The standard InChI is InChI=1S/C51H98O6/c1-5-8-10-12-14-16-17-18-19-20-21-22-23-24-26-30-34-38-42-49(52)55-45-48(57-51(54)44-40-36-32-25-15-13-11-9-6-2)46-56-50(53)43-39-35-31-28-27-29-33-37-41-47(4)7-3/h47-48H,5-46H2,1-4H3/t47?,48-/m0/s1. The van der Waals surface area contributed by atoms with Crippen molar-refractivity contribution in [3.63, 3.8) is 0 Å². The molecule has 0 bridgehead atoms.